The number of hydrogen-bond acceptors (Lipinski definition) is 9. The normalized spacial score (nSPS) is 11.8. The Morgan fingerprint density at radius 2 is 1.75 bits per heavy atom. The lowest BCUT2D eigenvalue weighted by molar-refractivity contribution is -0.143. The van der Waals surface area contributed by atoms with Crippen LogP contribution in [0, 0.1) is 0 Å². The molecule has 13 nitrogen and oxygen atoms in total. The number of carbonyl (C=O) groups is 2. The van der Waals surface area contributed by atoms with Gasteiger partial charge in [-0.2, -0.15) is 23.0 Å². The molecule has 0 fully saturated rings. The van der Waals surface area contributed by atoms with Crippen molar-refractivity contribution in [2.24, 2.45) is 0 Å². The summed E-state index contributed by atoms with van der Waals surface area (Å²) in [6.07, 6.45) is -1.14. The molecule has 0 aliphatic heterocycles. The fourth-order valence-corrected chi connectivity index (χ4v) is 4.47. The molecular weight excluding hydrogens is 607 g/mol. The van der Waals surface area contributed by atoms with Crippen molar-refractivity contribution in [1.82, 2.24) is 34.7 Å². The summed E-state index contributed by atoms with van der Waals surface area (Å²) in [5, 5.41) is 17.1. The molecule has 0 bridgehead atoms. The molecule has 0 atom stereocenters. The number of aromatic nitrogens is 7. The Morgan fingerprint density at radius 1 is 0.977 bits per heavy atom. The van der Waals surface area contributed by atoms with Crippen LogP contribution in [-0.4, -0.2) is 59.5 Å². The van der Waals surface area contributed by atoms with E-state index in [1.807, 2.05) is 0 Å². The number of fused-ring (bicyclic) bond motifs is 1. The van der Waals surface area contributed by atoms with E-state index in [4.69, 9.17) is 21.1 Å². The molecule has 0 radical (unpaired) electrons. The molecule has 1 aromatic carbocycles. The number of ether oxygens (including phenoxy) is 2. The SMILES string of the molecule is COc1nccc2c(-n3ncc(C(=O)Nc4cnc(-n5nncc5NC(=O)OC(C)(C)C)c(Cl)c4)c3C(F)(F)F)cccc12. The fourth-order valence-electron chi connectivity index (χ4n) is 4.22. The van der Waals surface area contributed by atoms with Gasteiger partial charge in [-0.05, 0) is 45.0 Å². The minimum absolute atomic E-state index is 0.0119. The Balaban J connectivity index is 1.44. The molecule has 0 aliphatic carbocycles. The number of pyridine rings is 2. The van der Waals surface area contributed by atoms with Gasteiger partial charge in [-0.3, -0.25) is 10.1 Å². The highest BCUT2D eigenvalue weighted by Crippen LogP contribution is 2.36. The Morgan fingerprint density at radius 3 is 2.43 bits per heavy atom. The molecule has 0 saturated carbocycles. The quantitative estimate of drug-likeness (QED) is 0.242. The molecule has 4 aromatic heterocycles. The first-order valence-electron chi connectivity index (χ1n) is 12.7. The number of benzene rings is 1. The lowest BCUT2D eigenvalue weighted by atomic mass is 10.1. The molecule has 4 heterocycles. The van der Waals surface area contributed by atoms with Gasteiger partial charge in [0.1, 0.15) is 5.60 Å². The number of nitrogens with zero attached hydrogens (tertiary/aromatic N) is 7. The predicted octanol–water partition coefficient (Wildman–Crippen LogP) is 5.68. The van der Waals surface area contributed by atoms with E-state index in [1.54, 1.807) is 26.8 Å². The van der Waals surface area contributed by atoms with Crippen LogP contribution in [0.4, 0.5) is 29.5 Å². The Bertz CT molecular complexity index is 1880. The fraction of sp³-hybridized carbons (Fsp3) is 0.222. The van der Waals surface area contributed by atoms with E-state index in [0.29, 0.717) is 15.5 Å². The van der Waals surface area contributed by atoms with Crippen molar-refractivity contribution in [3.05, 3.63) is 71.4 Å². The van der Waals surface area contributed by atoms with Gasteiger partial charge in [-0.15, -0.1) is 5.10 Å². The molecule has 2 amide bonds. The second kappa shape index (κ2) is 11.4. The van der Waals surface area contributed by atoms with Crippen LogP contribution in [0.2, 0.25) is 5.02 Å². The third-order valence-electron chi connectivity index (χ3n) is 5.91. The summed E-state index contributed by atoms with van der Waals surface area (Å²) in [6.45, 7) is 5.07. The van der Waals surface area contributed by atoms with E-state index in [9.17, 15) is 22.8 Å². The Kier molecular flexibility index (Phi) is 7.86. The van der Waals surface area contributed by atoms with E-state index in [0.717, 1.165) is 17.1 Å². The van der Waals surface area contributed by atoms with Crippen molar-refractivity contribution in [1.29, 1.82) is 0 Å². The zero-order chi connectivity index (χ0) is 31.8. The van der Waals surface area contributed by atoms with E-state index < -0.39 is 35.0 Å². The maximum absolute atomic E-state index is 14.4. The third kappa shape index (κ3) is 6.10. The first-order chi connectivity index (χ1) is 20.8. The number of carbonyl (C=O) groups excluding carboxylic acids is 2. The maximum Gasteiger partial charge on any atom is 0.434 e. The zero-order valence-corrected chi connectivity index (χ0v) is 24.2. The van der Waals surface area contributed by atoms with Crippen molar-refractivity contribution in [2.45, 2.75) is 32.5 Å². The molecular formula is C27H23ClF3N9O4. The van der Waals surface area contributed by atoms with Crippen LogP contribution in [-0.2, 0) is 10.9 Å². The molecule has 0 saturated heterocycles. The molecule has 44 heavy (non-hydrogen) atoms. The van der Waals surface area contributed by atoms with Crippen molar-refractivity contribution >= 4 is 45.9 Å². The average Bonchev–Trinajstić information content (AvgIpc) is 3.59. The number of nitrogens with one attached hydrogen (secondary N) is 2. The molecule has 17 heteroatoms. The minimum atomic E-state index is -4.97. The van der Waals surface area contributed by atoms with Crippen LogP contribution >= 0.6 is 11.6 Å². The largest absolute Gasteiger partial charge is 0.481 e. The van der Waals surface area contributed by atoms with Gasteiger partial charge in [0.05, 0.1) is 47.7 Å². The Hall–Kier alpha value is -5.25. The number of rotatable bonds is 6. The number of amides is 2. The standard InChI is InChI=1S/C27H23ClF3N9O4/c1-26(2,3)44-25(42)37-20-13-34-38-40(20)22-18(28)10-14(11-33-22)36-23(41)17-12-35-39(21(17)27(29,30)31)19-7-5-6-16-15(19)8-9-32-24(16)43-4/h5-13H,1-4H3,(H,36,41)(H,37,42). The van der Waals surface area contributed by atoms with Crippen molar-refractivity contribution in [3.8, 4) is 17.4 Å². The third-order valence-corrected chi connectivity index (χ3v) is 6.19. The van der Waals surface area contributed by atoms with Crippen LogP contribution in [0.1, 0.15) is 36.8 Å². The molecule has 0 aliphatic rings. The summed E-state index contributed by atoms with van der Waals surface area (Å²) >= 11 is 6.38. The second-order valence-corrected chi connectivity index (χ2v) is 10.6. The molecule has 0 spiro atoms. The number of halogens is 4. The molecule has 5 rings (SSSR count). The van der Waals surface area contributed by atoms with Gasteiger partial charge in [0.25, 0.3) is 5.91 Å². The predicted molar refractivity (Wildman–Crippen MR) is 152 cm³/mol. The van der Waals surface area contributed by atoms with E-state index >= 15 is 0 Å². The zero-order valence-electron chi connectivity index (χ0n) is 23.5. The van der Waals surface area contributed by atoms with Gasteiger partial charge >= 0.3 is 12.3 Å². The van der Waals surface area contributed by atoms with Crippen LogP contribution in [0.5, 0.6) is 5.88 Å². The van der Waals surface area contributed by atoms with Gasteiger partial charge < -0.3 is 14.8 Å². The van der Waals surface area contributed by atoms with Crippen LogP contribution in [0.3, 0.4) is 0 Å². The molecule has 5 aromatic rings. The van der Waals surface area contributed by atoms with Gasteiger partial charge in [0.2, 0.25) is 5.88 Å². The highest BCUT2D eigenvalue weighted by atomic mass is 35.5. The number of anilines is 2. The first-order valence-corrected chi connectivity index (χ1v) is 13.1. The number of hydrogen-bond donors (Lipinski definition) is 2. The monoisotopic (exact) mass is 629 g/mol. The maximum atomic E-state index is 14.4. The van der Waals surface area contributed by atoms with Crippen LogP contribution in [0.25, 0.3) is 22.3 Å². The smallest absolute Gasteiger partial charge is 0.434 e. The number of alkyl halides is 3. The van der Waals surface area contributed by atoms with Gasteiger partial charge in [-0.1, -0.05) is 22.9 Å². The minimum Gasteiger partial charge on any atom is -0.481 e. The number of methoxy groups -OCH3 is 1. The summed E-state index contributed by atoms with van der Waals surface area (Å²) in [5.41, 5.74) is -2.76. The van der Waals surface area contributed by atoms with Crippen LogP contribution in [0.15, 0.2) is 55.1 Å². The Labute approximate surface area is 251 Å². The lowest BCUT2D eigenvalue weighted by Gasteiger charge is -2.19. The summed E-state index contributed by atoms with van der Waals surface area (Å²) < 4.78 is 55.4. The van der Waals surface area contributed by atoms with Crippen molar-refractivity contribution in [2.75, 3.05) is 17.7 Å². The summed E-state index contributed by atoms with van der Waals surface area (Å²) in [6, 6.07) is 7.38. The van der Waals surface area contributed by atoms with Crippen LogP contribution < -0.4 is 15.4 Å². The topological polar surface area (TPSA) is 151 Å². The van der Waals surface area contributed by atoms with Gasteiger partial charge in [-0.25, -0.2) is 19.4 Å². The summed E-state index contributed by atoms with van der Waals surface area (Å²) in [7, 11) is 1.39. The molecule has 0 unspecified atom stereocenters. The van der Waals surface area contributed by atoms with E-state index in [-0.39, 0.29) is 33.9 Å². The van der Waals surface area contributed by atoms with Crippen molar-refractivity contribution < 1.29 is 32.2 Å². The van der Waals surface area contributed by atoms with Gasteiger partial charge in [0.15, 0.2) is 17.3 Å². The van der Waals surface area contributed by atoms with Gasteiger partial charge in [0, 0.05) is 17.0 Å². The molecule has 228 valence electrons. The summed E-state index contributed by atoms with van der Waals surface area (Å²) in [4.78, 5) is 33.6. The van der Waals surface area contributed by atoms with E-state index in [1.165, 1.54) is 43.8 Å². The van der Waals surface area contributed by atoms with Crippen molar-refractivity contribution in [3.63, 3.8) is 0 Å². The first kappa shape index (κ1) is 30.2. The second-order valence-electron chi connectivity index (χ2n) is 10.2. The lowest BCUT2D eigenvalue weighted by Crippen LogP contribution is -2.28. The summed E-state index contributed by atoms with van der Waals surface area (Å²) in [5.74, 6) is -0.802. The highest BCUT2D eigenvalue weighted by molar-refractivity contribution is 6.32. The van der Waals surface area contributed by atoms with E-state index in [2.05, 4.69) is 36.0 Å². The highest BCUT2D eigenvalue weighted by Gasteiger charge is 2.41. The molecule has 2 N–H and O–H groups in total. The average molecular weight is 630 g/mol.